The maximum absolute atomic E-state index is 5.94. The smallest absolute Gasteiger partial charge is 0.412 e. The first-order valence-electron chi connectivity index (χ1n) is 7.54. The molecule has 0 aromatic carbocycles. The molecule has 1 aromatic rings. The summed E-state index contributed by atoms with van der Waals surface area (Å²) in [5.74, 6) is 0.0521. The fourth-order valence-electron chi connectivity index (χ4n) is 1.33. The number of thiocarbonyl (C=S) groups is 2. The minimum Gasteiger partial charge on any atom is -0.412 e. The summed E-state index contributed by atoms with van der Waals surface area (Å²) >= 11 is 41.0. The standard InChI is InChI=1S/C9H11Cl3NO3PS.C4H8N2S4.Mn/c1-3-14-17(18,15-4-2)16-9-7(11)5-6(10)8(12)13-9;7-3(8)5-1-2-6-4(9)10;/h5H,3-4H2,1-2H3;1-2H2,(H2,5,7,8)(H2,6,9,10);/q;;+2/p-2. The maximum atomic E-state index is 5.94. The molecule has 1 radical (unpaired) electrons. The van der Waals surface area contributed by atoms with E-state index in [9.17, 15) is 0 Å². The molecular formula is C13H17Cl3MnN3O3PS5. The first-order valence-corrected chi connectivity index (χ1v) is 12.9. The van der Waals surface area contributed by atoms with Crippen LogP contribution in [0.1, 0.15) is 13.8 Å². The van der Waals surface area contributed by atoms with Crippen molar-refractivity contribution < 1.29 is 30.6 Å². The third-order valence-corrected chi connectivity index (χ3v) is 6.21. The number of hydrogen-bond acceptors (Lipinski definition) is 9. The van der Waals surface area contributed by atoms with Crippen molar-refractivity contribution >= 4 is 112 Å². The van der Waals surface area contributed by atoms with Gasteiger partial charge in [0, 0.05) is 24.9 Å². The fraction of sp³-hybridized carbons (Fsp3) is 0.462. The Morgan fingerprint density at radius 3 is 1.86 bits per heavy atom. The SMILES string of the molecule is CCOP(=S)(OCC)Oc1nc(Cl)c(Cl)cc1Cl.S=C([S-])NCCNC(=S)[S-].[Mn+2]. The average Bonchev–Trinajstić information content (AvgIpc) is 2.57. The first-order chi connectivity index (χ1) is 13.0. The van der Waals surface area contributed by atoms with Gasteiger partial charge in [-0.2, -0.15) is 4.98 Å². The van der Waals surface area contributed by atoms with Crippen molar-refractivity contribution in [2.45, 2.75) is 13.8 Å². The monoisotopic (exact) mass is 614 g/mol. The minimum absolute atomic E-state index is 0. The van der Waals surface area contributed by atoms with Gasteiger partial charge < -0.3 is 64.9 Å². The first kappa shape index (κ1) is 32.3. The summed E-state index contributed by atoms with van der Waals surface area (Å²) in [5, 5.41) is 6.06. The van der Waals surface area contributed by atoms with Gasteiger partial charge in [-0.05, 0) is 19.9 Å². The third kappa shape index (κ3) is 15.6. The van der Waals surface area contributed by atoms with Crippen LogP contribution in [0.5, 0.6) is 5.88 Å². The van der Waals surface area contributed by atoms with E-state index >= 15 is 0 Å². The van der Waals surface area contributed by atoms with Crippen molar-refractivity contribution in [3.63, 3.8) is 0 Å². The Hall–Kier alpha value is 1.13. The topological polar surface area (TPSA) is 64.6 Å². The van der Waals surface area contributed by atoms with Crippen LogP contribution >= 0.6 is 66.0 Å². The van der Waals surface area contributed by atoms with Gasteiger partial charge >= 0.3 is 23.8 Å². The summed E-state index contributed by atoms with van der Waals surface area (Å²) in [5.41, 5.74) is 0. The summed E-state index contributed by atoms with van der Waals surface area (Å²) in [6.07, 6.45) is 0. The molecule has 16 heteroatoms. The van der Waals surface area contributed by atoms with Gasteiger partial charge in [0.05, 0.1) is 18.2 Å². The van der Waals surface area contributed by atoms with Gasteiger partial charge in [-0.3, -0.25) is 9.05 Å². The summed E-state index contributed by atoms with van der Waals surface area (Å²) in [6, 6.07) is 1.42. The quantitative estimate of drug-likeness (QED) is 0.103. The normalized spacial score (nSPS) is 10.1. The number of nitrogens with one attached hydrogen (secondary N) is 2. The van der Waals surface area contributed by atoms with Gasteiger partial charge in [0.1, 0.15) is 5.02 Å². The van der Waals surface area contributed by atoms with Gasteiger partial charge in [0.2, 0.25) is 5.88 Å². The summed E-state index contributed by atoms with van der Waals surface area (Å²) in [7, 11) is 0. The van der Waals surface area contributed by atoms with E-state index in [-0.39, 0.29) is 38.1 Å². The van der Waals surface area contributed by atoms with E-state index in [0.29, 0.717) is 34.9 Å². The molecule has 0 atom stereocenters. The second-order valence-corrected chi connectivity index (χ2v) is 10.6. The Bertz CT molecular complexity index is 698. The van der Waals surface area contributed by atoms with Crippen LogP contribution in [0.15, 0.2) is 6.07 Å². The zero-order valence-electron chi connectivity index (χ0n) is 15.1. The van der Waals surface area contributed by atoms with E-state index in [0.717, 1.165) is 0 Å². The molecule has 29 heavy (non-hydrogen) atoms. The van der Waals surface area contributed by atoms with Gasteiger partial charge in [-0.25, -0.2) is 0 Å². The maximum Gasteiger partial charge on any atom is 2.00 e. The zero-order valence-corrected chi connectivity index (χ0v) is 23.5. The Morgan fingerprint density at radius 1 is 1.03 bits per heavy atom. The number of nitrogens with zero attached hydrogens (tertiary/aromatic N) is 1. The van der Waals surface area contributed by atoms with Crippen molar-refractivity contribution in [3.05, 3.63) is 21.3 Å². The predicted molar refractivity (Wildman–Crippen MR) is 133 cm³/mol. The van der Waals surface area contributed by atoms with Crippen LogP contribution in [0.3, 0.4) is 0 Å². The van der Waals surface area contributed by atoms with Gasteiger partial charge in [0.25, 0.3) is 0 Å². The van der Waals surface area contributed by atoms with Crippen LogP contribution in [-0.2, 0) is 63.2 Å². The van der Waals surface area contributed by atoms with Gasteiger partial charge in [0.15, 0.2) is 5.15 Å². The minimum atomic E-state index is -2.92. The molecule has 0 spiro atoms. The Balaban J connectivity index is 0. The van der Waals surface area contributed by atoms with E-state index in [2.05, 4.69) is 65.3 Å². The third-order valence-electron chi connectivity index (χ3n) is 2.29. The number of rotatable bonds is 9. The van der Waals surface area contributed by atoms with E-state index in [1.807, 2.05) is 0 Å². The van der Waals surface area contributed by atoms with E-state index in [4.69, 9.17) is 60.2 Å². The van der Waals surface area contributed by atoms with Gasteiger partial charge in [-0.15, -0.1) is 0 Å². The molecule has 0 saturated carbocycles. The Labute approximate surface area is 223 Å². The van der Waals surface area contributed by atoms with E-state index < -0.39 is 6.72 Å². The molecule has 0 bridgehead atoms. The summed E-state index contributed by atoms with van der Waals surface area (Å²) < 4.78 is 16.8. The van der Waals surface area contributed by atoms with Crippen LogP contribution in [0.4, 0.5) is 0 Å². The van der Waals surface area contributed by atoms with Crippen molar-refractivity contribution in [1.82, 2.24) is 15.6 Å². The fourth-order valence-corrected chi connectivity index (χ4v) is 4.33. The van der Waals surface area contributed by atoms with Gasteiger partial charge in [-0.1, -0.05) is 43.4 Å². The van der Waals surface area contributed by atoms with Crippen molar-refractivity contribution in [1.29, 1.82) is 0 Å². The van der Waals surface area contributed by atoms with Crippen molar-refractivity contribution in [2.75, 3.05) is 26.3 Å². The second-order valence-electron chi connectivity index (χ2n) is 4.35. The number of halogens is 3. The predicted octanol–water partition coefficient (Wildman–Crippen LogP) is 4.54. The molecule has 1 rings (SSSR count). The molecule has 0 saturated heterocycles. The molecule has 6 nitrogen and oxygen atoms in total. The number of pyridine rings is 1. The molecule has 165 valence electrons. The van der Waals surface area contributed by atoms with E-state index in [1.165, 1.54) is 6.07 Å². The Kier molecular flexibility index (Phi) is 19.7. The van der Waals surface area contributed by atoms with Crippen LogP contribution in [-0.4, -0.2) is 39.9 Å². The summed E-state index contributed by atoms with van der Waals surface area (Å²) in [6.45, 7) is 2.70. The van der Waals surface area contributed by atoms with Crippen LogP contribution in [0, 0.1) is 0 Å². The molecule has 0 aliphatic rings. The molecule has 2 N–H and O–H groups in total. The second kappa shape index (κ2) is 17.7. The van der Waals surface area contributed by atoms with Crippen molar-refractivity contribution in [3.8, 4) is 5.88 Å². The molecule has 0 unspecified atom stereocenters. The number of hydrogen-bond donors (Lipinski definition) is 2. The van der Waals surface area contributed by atoms with E-state index in [1.54, 1.807) is 13.8 Å². The average molecular weight is 616 g/mol. The number of aromatic nitrogens is 1. The van der Waals surface area contributed by atoms with Crippen LogP contribution in [0.25, 0.3) is 0 Å². The summed E-state index contributed by atoms with van der Waals surface area (Å²) in [4.78, 5) is 3.90. The molecular weight excluding hydrogens is 599 g/mol. The molecule has 0 aliphatic heterocycles. The zero-order chi connectivity index (χ0) is 21.7. The van der Waals surface area contributed by atoms with Crippen LogP contribution in [0.2, 0.25) is 15.2 Å². The van der Waals surface area contributed by atoms with Crippen LogP contribution < -0.4 is 15.2 Å². The molecule has 0 aliphatic carbocycles. The molecule has 1 heterocycles. The van der Waals surface area contributed by atoms with Crippen molar-refractivity contribution in [2.24, 2.45) is 0 Å². The largest absolute Gasteiger partial charge is 2.00 e. The molecule has 0 fully saturated rings. The molecule has 0 amide bonds. The Morgan fingerprint density at radius 2 is 1.48 bits per heavy atom. The molecule has 1 aromatic heterocycles.